The predicted molar refractivity (Wildman–Crippen MR) is 124 cm³/mol. The fraction of sp³-hybridized carbons (Fsp3) is 0.320. The maximum Gasteiger partial charge on any atom is 0.255 e. The Morgan fingerprint density at radius 2 is 1.57 bits per heavy atom. The largest absolute Gasteiger partial charge is 0.322 e. The fourth-order valence-electron chi connectivity index (χ4n) is 3.62. The molecule has 1 fully saturated rings. The van der Waals surface area contributed by atoms with Gasteiger partial charge >= 0.3 is 0 Å². The number of rotatable bonds is 4. The van der Waals surface area contributed by atoms with Crippen LogP contribution in [-0.2, 0) is 4.79 Å². The van der Waals surface area contributed by atoms with E-state index < -0.39 is 0 Å². The number of hydrogen-bond donors (Lipinski definition) is 1. The first-order chi connectivity index (χ1) is 14.4. The third-order valence-corrected chi connectivity index (χ3v) is 5.98. The summed E-state index contributed by atoms with van der Waals surface area (Å²) in [7, 11) is 0. The summed E-state index contributed by atoms with van der Waals surface area (Å²) in [5, 5.41) is 4.09. The Morgan fingerprint density at radius 3 is 2.17 bits per heavy atom. The van der Waals surface area contributed by atoms with Crippen molar-refractivity contribution in [2.45, 2.75) is 52.4 Å². The van der Waals surface area contributed by atoms with Crippen molar-refractivity contribution in [3.05, 3.63) is 70.9 Å². The number of carbonyl (C=O) groups is 2. The van der Waals surface area contributed by atoms with Crippen LogP contribution < -0.4 is 5.32 Å². The SMILES string of the molecule is CC(C)=O.Cc1nc(C2CCCC2)c(-c2ccc(NC(=O)c3ccccc3)cc2)s1. The number of ketones is 1. The molecule has 0 saturated heterocycles. The van der Waals surface area contributed by atoms with Crippen molar-refractivity contribution in [1.82, 2.24) is 4.98 Å². The van der Waals surface area contributed by atoms with Gasteiger partial charge in [0.25, 0.3) is 5.91 Å². The zero-order valence-electron chi connectivity index (χ0n) is 17.8. The summed E-state index contributed by atoms with van der Waals surface area (Å²) >= 11 is 1.77. The second kappa shape index (κ2) is 10.3. The minimum absolute atomic E-state index is 0.0846. The van der Waals surface area contributed by atoms with E-state index in [9.17, 15) is 9.59 Å². The van der Waals surface area contributed by atoms with E-state index in [-0.39, 0.29) is 11.7 Å². The van der Waals surface area contributed by atoms with Crippen molar-refractivity contribution in [3.8, 4) is 10.4 Å². The molecule has 0 radical (unpaired) electrons. The van der Waals surface area contributed by atoms with Crippen LogP contribution in [0.1, 0.15) is 66.5 Å². The number of amides is 1. The standard InChI is InChI=1S/C22H22N2OS.C3H6O/c1-15-23-20(16-7-5-6-8-16)21(26-15)17-11-13-19(14-12-17)24-22(25)18-9-3-2-4-10-18;1-3(2)4/h2-4,9-14,16H,5-8H2,1H3,(H,24,25);1-2H3. The number of aromatic nitrogens is 1. The average molecular weight is 421 g/mol. The highest BCUT2D eigenvalue weighted by atomic mass is 32.1. The van der Waals surface area contributed by atoms with Crippen LogP contribution in [0.2, 0.25) is 0 Å². The molecular formula is C25H28N2O2S. The Hall–Kier alpha value is -2.79. The summed E-state index contributed by atoms with van der Waals surface area (Å²) in [4.78, 5) is 27.8. The average Bonchev–Trinajstić information content (AvgIpc) is 3.38. The van der Waals surface area contributed by atoms with Gasteiger partial charge in [-0.15, -0.1) is 11.3 Å². The highest BCUT2D eigenvalue weighted by molar-refractivity contribution is 7.15. The number of thiazole rings is 1. The lowest BCUT2D eigenvalue weighted by atomic mass is 10.00. The lowest BCUT2D eigenvalue weighted by Gasteiger charge is -2.10. The Labute approximate surface area is 182 Å². The van der Waals surface area contributed by atoms with E-state index in [0.29, 0.717) is 11.5 Å². The maximum atomic E-state index is 12.3. The van der Waals surface area contributed by atoms with Crippen LogP contribution in [0.4, 0.5) is 5.69 Å². The number of benzene rings is 2. The van der Waals surface area contributed by atoms with Crippen LogP contribution in [0, 0.1) is 6.92 Å². The van der Waals surface area contributed by atoms with Crippen LogP contribution in [0.25, 0.3) is 10.4 Å². The Morgan fingerprint density at radius 1 is 0.967 bits per heavy atom. The van der Waals surface area contributed by atoms with E-state index in [0.717, 1.165) is 10.7 Å². The Bertz CT molecular complexity index is 984. The van der Waals surface area contributed by atoms with Gasteiger partial charge in [-0.25, -0.2) is 4.98 Å². The first-order valence-corrected chi connectivity index (χ1v) is 11.2. The quantitative estimate of drug-likeness (QED) is 0.516. The van der Waals surface area contributed by atoms with Gasteiger partial charge < -0.3 is 10.1 Å². The van der Waals surface area contributed by atoms with Gasteiger partial charge in [-0.05, 0) is 63.4 Å². The molecule has 0 unspecified atom stereocenters. The van der Waals surface area contributed by atoms with E-state index in [1.807, 2.05) is 42.5 Å². The Kier molecular flexibility index (Phi) is 7.52. The van der Waals surface area contributed by atoms with Gasteiger partial charge in [-0.1, -0.05) is 43.2 Å². The van der Waals surface area contributed by atoms with Crippen molar-refractivity contribution >= 4 is 28.7 Å². The molecular weight excluding hydrogens is 392 g/mol. The molecule has 1 amide bonds. The number of nitrogens with zero attached hydrogens (tertiary/aromatic N) is 1. The number of Topliss-reactive ketones (excluding diaryl/α,β-unsaturated/α-hetero) is 1. The molecule has 1 saturated carbocycles. The minimum atomic E-state index is -0.0846. The molecule has 1 N–H and O–H groups in total. The first kappa shape index (κ1) is 21.9. The topological polar surface area (TPSA) is 59.1 Å². The molecule has 0 atom stereocenters. The van der Waals surface area contributed by atoms with E-state index in [1.54, 1.807) is 11.3 Å². The molecule has 0 spiro atoms. The molecule has 1 aliphatic carbocycles. The molecule has 4 rings (SSSR count). The third kappa shape index (κ3) is 5.86. The summed E-state index contributed by atoms with van der Waals surface area (Å²) in [6.07, 6.45) is 5.12. The summed E-state index contributed by atoms with van der Waals surface area (Å²) in [6.45, 7) is 5.14. The molecule has 3 aromatic rings. The van der Waals surface area contributed by atoms with Crippen molar-refractivity contribution < 1.29 is 9.59 Å². The lowest BCUT2D eigenvalue weighted by molar-refractivity contribution is -0.115. The van der Waals surface area contributed by atoms with Crippen molar-refractivity contribution in [2.24, 2.45) is 0 Å². The molecule has 1 aromatic heterocycles. The van der Waals surface area contributed by atoms with Crippen LogP contribution >= 0.6 is 11.3 Å². The fourth-order valence-corrected chi connectivity index (χ4v) is 4.63. The normalized spacial score (nSPS) is 13.4. The number of aryl methyl sites for hydroxylation is 1. The smallest absolute Gasteiger partial charge is 0.255 e. The van der Waals surface area contributed by atoms with Gasteiger partial charge in [0.05, 0.1) is 15.6 Å². The van der Waals surface area contributed by atoms with Gasteiger partial charge in [-0.2, -0.15) is 0 Å². The van der Waals surface area contributed by atoms with E-state index in [1.165, 1.54) is 55.7 Å². The summed E-state index contributed by atoms with van der Waals surface area (Å²) in [6, 6.07) is 17.4. The van der Waals surface area contributed by atoms with Crippen LogP contribution in [-0.4, -0.2) is 16.7 Å². The van der Waals surface area contributed by atoms with Crippen molar-refractivity contribution in [2.75, 3.05) is 5.32 Å². The summed E-state index contributed by atoms with van der Waals surface area (Å²) < 4.78 is 0. The molecule has 0 bridgehead atoms. The van der Waals surface area contributed by atoms with Gasteiger partial charge in [0.2, 0.25) is 0 Å². The molecule has 0 aliphatic heterocycles. The van der Waals surface area contributed by atoms with Gasteiger partial charge in [0, 0.05) is 17.2 Å². The molecule has 2 aromatic carbocycles. The Balaban J connectivity index is 0.000000589. The van der Waals surface area contributed by atoms with Crippen LogP contribution in [0.3, 0.4) is 0 Å². The minimum Gasteiger partial charge on any atom is -0.322 e. The number of carbonyl (C=O) groups excluding carboxylic acids is 2. The summed E-state index contributed by atoms with van der Waals surface area (Å²) in [5.74, 6) is 0.686. The second-order valence-electron chi connectivity index (χ2n) is 7.73. The highest BCUT2D eigenvalue weighted by Crippen LogP contribution is 2.41. The van der Waals surface area contributed by atoms with Crippen molar-refractivity contribution in [1.29, 1.82) is 0 Å². The van der Waals surface area contributed by atoms with Gasteiger partial charge in [0.1, 0.15) is 5.78 Å². The number of anilines is 1. The predicted octanol–water partition coefficient (Wildman–Crippen LogP) is 6.62. The molecule has 156 valence electrons. The van der Waals surface area contributed by atoms with E-state index >= 15 is 0 Å². The maximum absolute atomic E-state index is 12.3. The zero-order chi connectivity index (χ0) is 21.5. The monoisotopic (exact) mass is 420 g/mol. The van der Waals surface area contributed by atoms with E-state index in [2.05, 4.69) is 24.4 Å². The molecule has 5 heteroatoms. The lowest BCUT2D eigenvalue weighted by Crippen LogP contribution is -2.11. The van der Waals surface area contributed by atoms with Gasteiger partial charge in [0.15, 0.2) is 0 Å². The van der Waals surface area contributed by atoms with E-state index in [4.69, 9.17) is 4.98 Å². The molecule has 1 aliphatic rings. The highest BCUT2D eigenvalue weighted by Gasteiger charge is 2.24. The first-order valence-electron chi connectivity index (χ1n) is 10.4. The van der Waals surface area contributed by atoms with Gasteiger partial charge in [-0.3, -0.25) is 4.79 Å². The molecule has 1 heterocycles. The number of hydrogen-bond acceptors (Lipinski definition) is 4. The number of nitrogens with one attached hydrogen (secondary N) is 1. The molecule has 4 nitrogen and oxygen atoms in total. The van der Waals surface area contributed by atoms with Crippen LogP contribution in [0.15, 0.2) is 54.6 Å². The summed E-state index contributed by atoms with van der Waals surface area (Å²) in [5.41, 5.74) is 3.94. The third-order valence-electron chi connectivity index (χ3n) is 4.94. The molecule has 30 heavy (non-hydrogen) atoms. The second-order valence-corrected chi connectivity index (χ2v) is 8.94. The zero-order valence-corrected chi connectivity index (χ0v) is 18.6. The van der Waals surface area contributed by atoms with Crippen LogP contribution in [0.5, 0.6) is 0 Å². The van der Waals surface area contributed by atoms with Crippen molar-refractivity contribution in [3.63, 3.8) is 0 Å².